The molecule has 0 aliphatic rings. The summed E-state index contributed by atoms with van der Waals surface area (Å²) in [5.41, 5.74) is 1.38. The van der Waals surface area contributed by atoms with Crippen molar-refractivity contribution in [1.29, 1.82) is 0 Å². The molecule has 2 heterocycles. The molecule has 0 saturated heterocycles. The van der Waals surface area contributed by atoms with Crippen molar-refractivity contribution >= 4 is 28.8 Å². The predicted molar refractivity (Wildman–Crippen MR) is 66.2 cm³/mol. The van der Waals surface area contributed by atoms with Crippen LogP contribution in [0.15, 0.2) is 36.7 Å². The third-order valence-corrected chi connectivity index (χ3v) is 2.98. The maximum atomic E-state index is 6.13. The first-order chi connectivity index (χ1) is 8.27. The Bertz CT molecular complexity index is 693. The SMILES string of the molecule is Clc1ccccc1-c1nnc2cncc(Cl)n12. The van der Waals surface area contributed by atoms with E-state index in [1.165, 1.54) is 6.20 Å². The van der Waals surface area contributed by atoms with E-state index >= 15 is 0 Å². The van der Waals surface area contributed by atoms with Gasteiger partial charge in [-0.05, 0) is 12.1 Å². The highest BCUT2D eigenvalue weighted by atomic mass is 35.5. The van der Waals surface area contributed by atoms with Gasteiger partial charge in [-0.3, -0.25) is 9.38 Å². The van der Waals surface area contributed by atoms with E-state index in [4.69, 9.17) is 23.2 Å². The van der Waals surface area contributed by atoms with E-state index in [2.05, 4.69) is 15.2 Å². The summed E-state index contributed by atoms with van der Waals surface area (Å²) >= 11 is 12.2. The van der Waals surface area contributed by atoms with Crippen LogP contribution in [0.25, 0.3) is 17.0 Å². The van der Waals surface area contributed by atoms with Gasteiger partial charge < -0.3 is 0 Å². The molecule has 2 aromatic heterocycles. The van der Waals surface area contributed by atoms with Gasteiger partial charge in [0.15, 0.2) is 11.5 Å². The van der Waals surface area contributed by atoms with Crippen molar-refractivity contribution in [2.45, 2.75) is 0 Å². The van der Waals surface area contributed by atoms with Crippen LogP contribution in [0.4, 0.5) is 0 Å². The quantitative estimate of drug-likeness (QED) is 0.679. The van der Waals surface area contributed by atoms with Crippen molar-refractivity contribution in [3.63, 3.8) is 0 Å². The zero-order valence-electron chi connectivity index (χ0n) is 8.51. The van der Waals surface area contributed by atoms with Gasteiger partial charge in [-0.15, -0.1) is 10.2 Å². The topological polar surface area (TPSA) is 43.1 Å². The Balaban J connectivity index is 2.36. The molecule has 0 fully saturated rings. The smallest absolute Gasteiger partial charge is 0.180 e. The molecule has 0 bridgehead atoms. The molecule has 0 N–H and O–H groups in total. The van der Waals surface area contributed by atoms with Crippen molar-refractivity contribution in [3.8, 4) is 11.4 Å². The molecule has 0 aliphatic heterocycles. The molecule has 3 aromatic rings. The molecule has 0 spiro atoms. The Morgan fingerprint density at radius 1 is 1.00 bits per heavy atom. The first-order valence-corrected chi connectivity index (χ1v) is 5.62. The Morgan fingerprint density at radius 2 is 1.82 bits per heavy atom. The highest BCUT2D eigenvalue weighted by molar-refractivity contribution is 6.33. The molecule has 6 heteroatoms. The average Bonchev–Trinajstić information content (AvgIpc) is 2.75. The Kier molecular flexibility index (Phi) is 2.46. The van der Waals surface area contributed by atoms with Crippen molar-refractivity contribution in [2.24, 2.45) is 0 Å². The summed E-state index contributed by atoms with van der Waals surface area (Å²) in [5.74, 6) is 0.609. The van der Waals surface area contributed by atoms with Crippen LogP contribution in [-0.2, 0) is 0 Å². The molecule has 3 rings (SSSR count). The van der Waals surface area contributed by atoms with Crippen molar-refractivity contribution in [1.82, 2.24) is 19.6 Å². The summed E-state index contributed by atoms with van der Waals surface area (Å²) in [6, 6.07) is 7.41. The van der Waals surface area contributed by atoms with Gasteiger partial charge in [0, 0.05) is 5.56 Å². The molecule has 0 aliphatic carbocycles. The lowest BCUT2D eigenvalue weighted by atomic mass is 10.2. The third kappa shape index (κ3) is 1.66. The first kappa shape index (κ1) is 10.5. The fourth-order valence-electron chi connectivity index (χ4n) is 1.63. The Morgan fingerprint density at radius 3 is 2.65 bits per heavy atom. The van der Waals surface area contributed by atoms with Gasteiger partial charge in [0.2, 0.25) is 0 Å². The van der Waals surface area contributed by atoms with Crippen LogP contribution in [0.3, 0.4) is 0 Å². The van der Waals surface area contributed by atoms with E-state index < -0.39 is 0 Å². The van der Waals surface area contributed by atoms with E-state index in [1.54, 1.807) is 16.7 Å². The van der Waals surface area contributed by atoms with Crippen LogP contribution in [-0.4, -0.2) is 19.6 Å². The summed E-state index contributed by atoms with van der Waals surface area (Å²) in [5, 5.41) is 9.15. The van der Waals surface area contributed by atoms with Crippen LogP contribution in [0.1, 0.15) is 0 Å². The molecule has 0 saturated carbocycles. The summed E-state index contributed by atoms with van der Waals surface area (Å²) in [4.78, 5) is 3.95. The Hall–Kier alpha value is -1.65. The Labute approximate surface area is 107 Å². The van der Waals surface area contributed by atoms with Crippen molar-refractivity contribution in [2.75, 3.05) is 0 Å². The number of fused-ring (bicyclic) bond motifs is 1. The van der Waals surface area contributed by atoms with Gasteiger partial charge in [0.25, 0.3) is 0 Å². The molecular formula is C11H6Cl2N4. The van der Waals surface area contributed by atoms with E-state index in [1.807, 2.05) is 18.2 Å². The van der Waals surface area contributed by atoms with Gasteiger partial charge in [-0.1, -0.05) is 35.3 Å². The number of benzene rings is 1. The lowest BCUT2D eigenvalue weighted by Gasteiger charge is -2.03. The largest absolute Gasteiger partial charge is 0.262 e. The standard InChI is InChI=1S/C11H6Cl2N4/c12-8-4-2-1-3-7(8)11-16-15-10-6-14-5-9(13)17(10)11/h1-6H. The lowest BCUT2D eigenvalue weighted by molar-refractivity contribution is 1.11. The monoisotopic (exact) mass is 264 g/mol. The molecule has 17 heavy (non-hydrogen) atoms. The van der Waals surface area contributed by atoms with E-state index in [-0.39, 0.29) is 0 Å². The zero-order chi connectivity index (χ0) is 11.8. The van der Waals surface area contributed by atoms with Crippen LogP contribution in [0.2, 0.25) is 10.2 Å². The molecule has 0 atom stereocenters. The number of rotatable bonds is 1. The van der Waals surface area contributed by atoms with Crippen molar-refractivity contribution in [3.05, 3.63) is 46.8 Å². The molecular weight excluding hydrogens is 259 g/mol. The van der Waals surface area contributed by atoms with Crippen LogP contribution in [0.5, 0.6) is 0 Å². The van der Waals surface area contributed by atoms with Gasteiger partial charge >= 0.3 is 0 Å². The van der Waals surface area contributed by atoms with E-state index in [0.717, 1.165) is 5.56 Å². The fraction of sp³-hybridized carbons (Fsp3) is 0. The highest BCUT2D eigenvalue weighted by Gasteiger charge is 2.12. The second-order valence-electron chi connectivity index (χ2n) is 3.43. The van der Waals surface area contributed by atoms with Gasteiger partial charge in [-0.25, -0.2) is 0 Å². The maximum Gasteiger partial charge on any atom is 0.180 e. The number of hydrogen-bond donors (Lipinski definition) is 0. The minimum Gasteiger partial charge on any atom is -0.262 e. The second-order valence-corrected chi connectivity index (χ2v) is 4.22. The molecule has 0 amide bonds. The molecule has 0 unspecified atom stereocenters. The van der Waals surface area contributed by atoms with Crippen LogP contribution >= 0.6 is 23.2 Å². The fourth-order valence-corrected chi connectivity index (χ4v) is 2.07. The summed E-state index contributed by atoms with van der Waals surface area (Å²) in [6.07, 6.45) is 3.14. The maximum absolute atomic E-state index is 6.13. The summed E-state index contributed by atoms with van der Waals surface area (Å²) in [6.45, 7) is 0. The summed E-state index contributed by atoms with van der Waals surface area (Å²) < 4.78 is 1.70. The number of aromatic nitrogens is 4. The van der Waals surface area contributed by atoms with Crippen molar-refractivity contribution < 1.29 is 0 Å². The minimum atomic E-state index is 0.447. The van der Waals surface area contributed by atoms with Crippen LogP contribution < -0.4 is 0 Å². The number of halogens is 2. The molecule has 4 nitrogen and oxygen atoms in total. The minimum absolute atomic E-state index is 0.447. The second kappa shape index (κ2) is 3.98. The number of nitrogens with zero attached hydrogens (tertiary/aromatic N) is 4. The third-order valence-electron chi connectivity index (χ3n) is 2.39. The number of hydrogen-bond acceptors (Lipinski definition) is 3. The molecule has 1 aromatic carbocycles. The van der Waals surface area contributed by atoms with Gasteiger partial charge in [0.1, 0.15) is 5.15 Å². The zero-order valence-corrected chi connectivity index (χ0v) is 10.0. The van der Waals surface area contributed by atoms with E-state index in [0.29, 0.717) is 21.6 Å². The highest BCUT2D eigenvalue weighted by Crippen LogP contribution is 2.27. The normalized spacial score (nSPS) is 10.9. The predicted octanol–water partition coefficient (Wildman–Crippen LogP) is 3.10. The van der Waals surface area contributed by atoms with E-state index in [9.17, 15) is 0 Å². The first-order valence-electron chi connectivity index (χ1n) is 4.87. The van der Waals surface area contributed by atoms with Gasteiger partial charge in [0.05, 0.1) is 17.4 Å². The average molecular weight is 265 g/mol. The summed E-state index contributed by atoms with van der Waals surface area (Å²) in [7, 11) is 0. The molecule has 84 valence electrons. The lowest BCUT2D eigenvalue weighted by Crippen LogP contribution is -1.92. The molecule has 0 radical (unpaired) electrons. The van der Waals surface area contributed by atoms with Crippen LogP contribution in [0, 0.1) is 0 Å². The van der Waals surface area contributed by atoms with Gasteiger partial charge in [-0.2, -0.15) is 0 Å².